The summed E-state index contributed by atoms with van der Waals surface area (Å²) in [5, 5.41) is 4.85. The molecule has 2 heterocycles. The van der Waals surface area contributed by atoms with Crippen LogP contribution in [-0.2, 0) is 16.4 Å². The van der Waals surface area contributed by atoms with Gasteiger partial charge in [0, 0.05) is 18.6 Å². The van der Waals surface area contributed by atoms with E-state index in [9.17, 15) is 4.39 Å². The van der Waals surface area contributed by atoms with Crippen molar-refractivity contribution in [2.45, 2.75) is 38.9 Å². The largest absolute Gasteiger partial charge is 0.494 e. The molecule has 0 bridgehead atoms. The Balaban J connectivity index is 0.00000161. The number of halogens is 2. The molecular formula is C14H19BClFN2O2. The molecule has 1 fully saturated rings. The fraction of sp³-hybridized carbons (Fsp3) is 0.500. The molecule has 0 aliphatic carbocycles. The van der Waals surface area contributed by atoms with Crippen LogP contribution < -0.4 is 5.46 Å². The number of aromatic nitrogens is 2. The molecule has 0 unspecified atom stereocenters. The second kappa shape index (κ2) is 4.97. The fourth-order valence-corrected chi connectivity index (χ4v) is 2.35. The van der Waals surface area contributed by atoms with E-state index in [0.29, 0.717) is 11.0 Å². The minimum Gasteiger partial charge on any atom is -0.399 e. The summed E-state index contributed by atoms with van der Waals surface area (Å²) in [7, 11) is 1.22. The summed E-state index contributed by atoms with van der Waals surface area (Å²) in [6, 6.07) is 3.31. The minimum atomic E-state index is -0.556. The summed E-state index contributed by atoms with van der Waals surface area (Å²) in [6.45, 7) is 7.91. The first-order chi connectivity index (χ1) is 9.19. The lowest BCUT2D eigenvalue weighted by Crippen LogP contribution is -2.41. The number of benzene rings is 1. The number of aryl methyl sites for hydroxylation is 1. The van der Waals surface area contributed by atoms with E-state index in [1.54, 1.807) is 17.9 Å². The van der Waals surface area contributed by atoms with E-state index in [1.807, 2.05) is 33.8 Å². The maximum atomic E-state index is 14.1. The maximum Gasteiger partial charge on any atom is 0.494 e. The monoisotopic (exact) mass is 312 g/mol. The van der Waals surface area contributed by atoms with Crippen LogP contribution in [-0.4, -0.2) is 28.1 Å². The first kappa shape index (κ1) is 16.3. The predicted molar refractivity (Wildman–Crippen MR) is 83.6 cm³/mol. The maximum absolute atomic E-state index is 14.1. The van der Waals surface area contributed by atoms with Crippen molar-refractivity contribution in [1.82, 2.24) is 9.78 Å². The number of fused-ring (bicyclic) bond motifs is 1. The van der Waals surface area contributed by atoms with E-state index in [4.69, 9.17) is 9.31 Å². The average Bonchev–Trinajstić information content (AvgIpc) is 2.77. The van der Waals surface area contributed by atoms with Crippen LogP contribution in [0.3, 0.4) is 0 Å². The molecule has 1 saturated heterocycles. The molecular weight excluding hydrogens is 293 g/mol. The molecule has 3 rings (SSSR count). The average molecular weight is 313 g/mol. The SMILES string of the molecule is Cl.Cn1cc2cc(B3OC(C)(C)C(C)(C)O3)cc(F)c2n1. The highest BCUT2D eigenvalue weighted by Gasteiger charge is 2.51. The molecule has 4 nitrogen and oxygen atoms in total. The third kappa shape index (κ3) is 2.56. The van der Waals surface area contributed by atoms with Gasteiger partial charge in [-0.1, -0.05) is 6.07 Å². The molecule has 114 valence electrons. The number of hydrogen-bond donors (Lipinski definition) is 0. The van der Waals surface area contributed by atoms with Crippen molar-refractivity contribution in [2.24, 2.45) is 7.05 Å². The normalized spacial score (nSPS) is 19.8. The van der Waals surface area contributed by atoms with Gasteiger partial charge in [-0.2, -0.15) is 5.10 Å². The van der Waals surface area contributed by atoms with Crippen molar-refractivity contribution >= 4 is 35.9 Å². The highest BCUT2D eigenvalue weighted by molar-refractivity contribution is 6.62. The second-order valence-corrected chi connectivity index (χ2v) is 6.33. The Labute approximate surface area is 130 Å². The van der Waals surface area contributed by atoms with Crippen molar-refractivity contribution in [3.8, 4) is 0 Å². The zero-order chi connectivity index (χ0) is 14.7. The summed E-state index contributed by atoms with van der Waals surface area (Å²) >= 11 is 0. The fourth-order valence-electron chi connectivity index (χ4n) is 2.35. The summed E-state index contributed by atoms with van der Waals surface area (Å²) in [4.78, 5) is 0. The van der Waals surface area contributed by atoms with Crippen LogP contribution in [0, 0.1) is 5.82 Å². The van der Waals surface area contributed by atoms with Gasteiger partial charge < -0.3 is 9.31 Å². The van der Waals surface area contributed by atoms with Gasteiger partial charge in [-0.25, -0.2) is 4.39 Å². The quantitative estimate of drug-likeness (QED) is 0.759. The molecule has 2 aromatic rings. The van der Waals surface area contributed by atoms with E-state index >= 15 is 0 Å². The zero-order valence-corrected chi connectivity index (χ0v) is 13.6. The first-order valence-corrected chi connectivity index (χ1v) is 6.68. The molecule has 0 spiro atoms. The zero-order valence-electron chi connectivity index (χ0n) is 12.8. The lowest BCUT2D eigenvalue weighted by atomic mass is 9.78. The van der Waals surface area contributed by atoms with Gasteiger partial charge >= 0.3 is 7.12 Å². The lowest BCUT2D eigenvalue weighted by molar-refractivity contribution is 0.00578. The van der Waals surface area contributed by atoms with Crippen LogP contribution in [0.2, 0.25) is 0 Å². The first-order valence-electron chi connectivity index (χ1n) is 6.68. The Morgan fingerprint density at radius 1 is 1.14 bits per heavy atom. The summed E-state index contributed by atoms with van der Waals surface area (Å²) in [6.07, 6.45) is 1.78. The Morgan fingerprint density at radius 2 is 1.71 bits per heavy atom. The van der Waals surface area contributed by atoms with Crippen molar-refractivity contribution in [3.05, 3.63) is 24.1 Å². The van der Waals surface area contributed by atoms with Gasteiger partial charge in [0.2, 0.25) is 0 Å². The summed E-state index contributed by atoms with van der Waals surface area (Å²) in [5.41, 5.74) is 0.185. The van der Waals surface area contributed by atoms with E-state index in [2.05, 4.69) is 5.10 Å². The Morgan fingerprint density at radius 3 is 2.29 bits per heavy atom. The van der Waals surface area contributed by atoms with Gasteiger partial charge in [0.05, 0.1) is 11.2 Å². The molecule has 0 saturated carbocycles. The Hall–Kier alpha value is -1.11. The molecule has 21 heavy (non-hydrogen) atoms. The van der Waals surface area contributed by atoms with Crippen molar-refractivity contribution < 1.29 is 13.7 Å². The topological polar surface area (TPSA) is 36.3 Å². The second-order valence-electron chi connectivity index (χ2n) is 6.33. The van der Waals surface area contributed by atoms with Gasteiger partial charge in [-0.05, 0) is 39.2 Å². The smallest absolute Gasteiger partial charge is 0.399 e. The van der Waals surface area contributed by atoms with Gasteiger partial charge in [-0.3, -0.25) is 4.68 Å². The van der Waals surface area contributed by atoms with Crippen molar-refractivity contribution in [2.75, 3.05) is 0 Å². The van der Waals surface area contributed by atoms with E-state index in [-0.39, 0.29) is 18.2 Å². The van der Waals surface area contributed by atoms with Crippen molar-refractivity contribution in [1.29, 1.82) is 0 Å². The molecule has 1 aromatic heterocycles. The van der Waals surface area contributed by atoms with Gasteiger partial charge in [-0.15, -0.1) is 12.4 Å². The number of rotatable bonds is 1. The molecule has 0 radical (unpaired) electrons. The summed E-state index contributed by atoms with van der Waals surface area (Å²) in [5.74, 6) is -0.354. The molecule has 1 aliphatic rings. The Bertz CT molecular complexity index is 671. The molecule has 0 amide bonds. The lowest BCUT2D eigenvalue weighted by Gasteiger charge is -2.32. The predicted octanol–water partition coefficient (Wildman–Crippen LogP) is 2.43. The number of hydrogen-bond acceptors (Lipinski definition) is 3. The van der Waals surface area contributed by atoms with E-state index in [1.165, 1.54) is 6.07 Å². The van der Waals surface area contributed by atoms with Gasteiger partial charge in [0.1, 0.15) is 5.52 Å². The van der Waals surface area contributed by atoms with Crippen LogP contribution in [0.5, 0.6) is 0 Å². The minimum absolute atomic E-state index is 0. The summed E-state index contributed by atoms with van der Waals surface area (Å²) < 4.78 is 27.6. The highest BCUT2D eigenvalue weighted by Crippen LogP contribution is 2.36. The Kier molecular flexibility index (Phi) is 3.85. The highest BCUT2D eigenvalue weighted by atomic mass is 35.5. The third-order valence-electron chi connectivity index (χ3n) is 4.22. The van der Waals surface area contributed by atoms with Crippen LogP contribution in [0.4, 0.5) is 4.39 Å². The van der Waals surface area contributed by atoms with Crippen LogP contribution in [0.1, 0.15) is 27.7 Å². The molecule has 0 N–H and O–H groups in total. The van der Waals surface area contributed by atoms with Crippen LogP contribution >= 0.6 is 12.4 Å². The van der Waals surface area contributed by atoms with Gasteiger partial charge in [0.25, 0.3) is 0 Å². The van der Waals surface area contributed by atoms with Gasteiger partial charge in [0.15, 0.2) is 5.82 Å². The molecule has 1 aromatic carbocycles. The molecule has 1 aliphatic heterocycles. The van der Waals surface area contributed by atoms with E-state index in [0.717, 1.165) is 5.39 Å². The standard InChI is InChI=1S/C14H18BFN2O2.ClH/c1-13(2)14(3,4)20-15(19-13)10-6-9-8-18(5)17-12(9)11(16)7-10;/h6-8H,1-5H3;1H. The van der Waals surface area contributed by atoms with Crippen LogP contribution in [0.15, 0.2) is 18.3 Å². The molecule has 0 atom stereocenters. The number of nitrogens with zero attached hydrogens (tertiary/aromatic N) is 2. The van der Waals surface area contributed by atoms with E-state index < -0.39 is 18.3 Å². The van der Waals surface area contributed by atoms with Crippen LogP contribution in [0.25, 0.3) is 10.9 Å². The van der Waals surface area contributed by atoms with Crippen molar-refractivity contribution in [3.63, 3.8) is 0 Å². The third-order valence-corrected chi connectivity index (χ3v) is 4.22. The molecule has 7 heteroatoms.